The molecule has 1 aromatic rings. The Balaban J connectivity index is 0.000000333. The first kappa shape index (κ1) is 32.5. The van der Waals surface area contributed by atoms with Gasteiger partial charge in [-0.25, -0.2) is 14.6 Å². The molecular weight excluding hydrogens is 562 g/mol. The molecule has 1 aromatic heterocycles. The van der Waals surface area contributed by atoms with Crippen LogP contribution in [0.15, 0.2) is 23.5 Å². The molecule has 224 valence electrons. The molecule has 1 spiro atoms. The predicted molar refractivity (Wildman–Crippen MR) is 121 cm³/mol. The van der Waals surface area contributed by atoms with Crippen LogP contribution in [0.5, 0.6) is 5.88 Å². The fourth-order valence-electron chi connectivity index (χ4n) is 3.45. The van der Waals surface area contributed by atoms with Crippen LogP contribution in [0.3, 0.4) is 0 Å². The van der Waals surface area contributed by atoms with E-state index in [9.17, 15) is 31.1 Å². The van der Waals surface area contributed by atoms with Crippen LogP contribution in [0.1, 0.15) is 31.2 Å². The van der Waals surface area contributed by atoms with Gasteiger partial charge in [0.15, 0.2) is 5.60 Å². The summed E-state index contributed by atoms with van der Waals surface area (Å²) in [6, 6.07) is 4.19. The van der Waals surface area contributed by atoms with E-state index in [0.717, 1.165) is 24.8 Å². The third-order valence-electron chi connectivity index (χ3n) is 5.58. The summed E-state index contributed by atoms with van der Waals surface area (Å²) in [6.07, 6.45) is -5.13. The molecule has 2 unspecified atom stereocenters. The van der Waals surface area contributed by atoms with Crippen molar-refractivity contribution in [2.75, 3.05) is 20.3 Å². The highest BCUT2D eigenvalue weighted by atomic mass is 19.4. The molecule has 3 aliphatic rings. The molecule has 0 aromatic carbocycles. The molecule has 4 N–H and O–H groups in total. The number of carboxylic acids is 2. The van der Waals surface area contributed by atoms with Crippen molar-refractivity contribution in [2.45, 2.75) is 62.3 Å². The Labute approximate surface area is 222 Å². The predicted octanol–water partition coefficient (Wildman–Crippen LogP) is 2.03. The molecule has 2 atom stereocenters. The standard InChI is InChI=1S/C18H24N4O4.2C2HF3O2/c1-24-17-12(3-2-7-19-17)10-20-15-6-8-25-11-18(15)9-14(22-26-18)16(23)21-13-4-5-13;2*3-2(4,5)1(6)7/h2-3,7,13,15,20H,4-6,8-11H2,1H3,(H,21,23);2*(H,6,7). The molecule has 4 rings (SSSR count). The minimum atomic E-state index is -5.08. The molecule has 0 radical (unpaired) electrons. The van der Waals surface area contributed by atoms with Crippen molar-refractivity contribution in [3.63, 3.8) is 0 Å². The average Bonchev–Trinajstić information content (AvgIpc) is 3.60. The molecule has 1 saturated heterocycles. The van der Waals surface area contributed by atoms with Crippen molar-refractivity contribution in [3.05, 3.63) is 23.9 Å². The number of oxime groups is 1. The highest BCUT2D eigenvalue weighted by Gasteiger charge is 2.50. The number of carboxylic acid groups (broad SMARTS) is 2. The number of pyridine rings is 1. The normalized spacial score (nSPS) is 22.0. The molecular formula is C22H26F6N4O8. The molecule has 40 heavy (non-hydrogen) atoms. The molecule has 1 aliphatic carbocycles. The SMILES string of the molecule is COc1ncccc1CNC1CCOCC12CC(C(=O)NC1CC1)=NO2.O=C(O)C(F)(F)F.O=C(O)C(F)(F)F. The Kier molecular flexibility index (Phi) is 11.1. The maximum atomic E-state index is 12.3. The fraction of sp³-hybridized carbons (Fsp3) is 0.591. The van der Waals surface area contributed by atoms with Crippen molar-refractivity contribution in [2.24, 2.45) is 5.16 Å². The van der Waals surface area contributed by atoms with Crippen molar-refractivity contribution in [1.82, 2.24) is 15.6 Å². The number of carbonyl (C=O) groups is 3. The van der Waals surface area contributed by atoms with E-state index in [4.69, 9.17) is 34.1 Å². The zero-order valence-corrected chi connectivity index (χ0v) is 20.8. The summed E-state index contributed by atoms with van der Waals surface area (Å²) in [7, 11) is 1.61. The van der Waals surface area contributed by atoms with Crippen molar-refractivity contribution >= 4 is 23.6 Å². The molecule has 2 aliphatic heterocycles. The fourth-order valence-corrected chi connectivity index (χ4v) is 3.45. The maximum absolute atomic E-state index is 12.3. The van der Waals surface area contributed by atoms with E-state index in [2.05, 4.69) is 20.8 Å². The number of halogens is 6. The van der Waals surface area contributed by atoms with E-state index >= 15 is 0 Å². The number of carbonyl (C=O) groups excluding carboxylic acids is 1. The van der Waals surface area contributed by atoms with Gasteiger partial charge in [-0.1, -0.05) is 11.2 Å². The third-order valence-corrected chi connectivity index (χ3v) is 5.58. The zero-order chi connectivity index (χ0) is 30.1. The number of methoxy groups -OCH3 is 1. The molecule has 12 nitrogen and oxygen atoms in total. The van der Waals surface area contributed by atoms with Crippen molar-refractivity contribution in [1.29, 1.82) is 0 Å². The minimum absolute atomic E-state index is 0.0242. The van der Waals surface area contributed by atoms with Crippen LogP contribution in [-0.4, -0.2) is 89.1 Å². The summed E-state index contributed by atoms with van der Waals surface area (Å²) < 4.78 is 74.4. The zero-order valence-electron chi connectivity index (χ0n) is 20.8. The van der Waals surface area contributed by atoms with Crippen LogP contribution < -0.4 is 15.4 Å². The second-order valence-electron chi connectivity index (χ2n) is 8.67. The second kappa shape index (κ2) is 13.6. The first-order chi connectivity index (χ1) is 18.6. The Morgan fingerprint density at radius 1 is 1.10 bits per heavy atom. The summed E-state index contributed by atoms with van der Waals surface area (Å²) in [5.74, 6) is -5.03. The first-order valence-electron chi connectivity index (χ1n) is 11.5. The average molecular weight is 588 g/mol. The second-order valence-corrected chi connectivity index (χ2v) is 8.67. The van der Waals surface area contributed by atoms with Crippen LogP contribution in [0.2, 0.25) is 0 Å². The topological polar surface area (TPSA) is 169 Å². The van der Waals surface area contributed by atoms with Gasteiger partial charge in [0.25, 0.3) is 5.91 Å². The maximum Gasteiger partial charge on any atom is 0.490 e. The van der Waals surface area contributed by atoms with E-state index in [1.54, 1.807) is 13.3 Å². The van der Waals surface area contributed by atoms with Gasteiger partial charge in [0.2, 0.25) is 5.88 Å². The van der Waals surface area contributed by atoms with Gasteiger partial charge in [-0.3, -0.25) is 4.79 Å². The number of nitrogens with zero attached hydrogens (tertiary/aromatic N) is 2. The summed E-state index contributed by atoms with van der Waals surface area (Å²) >= 11 is 0. The van der Waals surface area contributed by atoms with Gasteiger partial charge in [-0.05, 0) is 25.3 Å². The van der Waals surface area contributed by atoms with Gasteiger partial charge in [-0.15, -0.1) is 0 Å². The van der Waals surface area contributed by atoms with Crippen LogP contribution in [0.25, 0.3) is 0 Å². The Bertz CT molecular complexity index is 1060. The van der Waals surface area contributed by atoms with Crippen LogP contribution in [-0.2, 0) is 30.5 Å². The number of aliphatic carboxylic acids is 2. The third kappa shape index (κ3) is 9.82. The highest BCUT2D eigenvalue weighted by Crippen LogP contribution is 2.33. The molecule has 3 heterocycles. The van der Waals surface area contributed by atoms with E-state index in [1.165, 1.54) is 0 Å². The van der Waals surface area contributed by atoms with Gasteiger partial charge in [0.05, 0.1) is 19.8 Å². The van der Waals surface area contributed by atoms with Gasteiger partial charge < -0.3 is 35.2 Å². The van der Waals surface area contributed by atoms with E-state index in [0.29, 0.717) is 43.8 Å². The molecule has 18 heteroatoms. The summed E-state index contributed by atoms with van der Waals surface area (Å²) in [6.45, 7) is 1.66. The smallest absolute Gasteiger partial charge is 0.481 e. The number of rotatable bonds is 6. The van der Waals surface area contributed by atoms with Crippen LogP contribution in [0.4, 0.5) is 26.3 Å². The van der Waals surface area contributed by atoms with E-state index in [-0.39, 0.29) is 11.9 Å². The minimum Gasteiger partial charge on any atom is -0.481 e. The monoisotopic (exact) mass is 588 g/mol. The van der Waals surface area contributed by atoms with Gasteiger partial charge >= 0.3 is 24.3 Å². The molecule has 1 saturated carbocycles. The lowest BCUT2D eigenvalue weighted by Crippen LogP contribution is -2.57. The van der Waals surface area contributed by atoms with Crippen LogP contribution >= 0.6 is 0 Å². The lowest BCUT2D eigenvalue weighted by Gasteiger charge is -2.39. The number of alkyl halides is 6. The molecule has 1 amide bonds. The molecule has 0 bridgehead atoms. The number of hydrogen-bond acceptors (Lipinski definition) is 9. The number of hydrogen-bond donors (Lipinski definition) is 4. The highest BCUT2D eigenvalue weighted by molar-refractivity contribution is 6.39. The summed E-state index contributed by atoms with van der Waals surface area (Å²) in [5.41, 5.74) is 0.791. The first-order valence-corrected chi connectivity index (χ1v) is 11.5. The van der Waals surface area contributed by atoms with Gasteiger partial charge in [-0.2, -0.15) is 26.3 Å². The van der Waals surface area contributed by atoms with Crippen molar-refractivity contribution in [3.8, 4) is 5.88 Å². The largest absolute Gasteiger partial charge is 0.490 e. The van der Waals surface area contributed by atoms with E-state index in [1.807, 2.05) is 12.1 Å². The molecule has 2 fully saturated rings. The quantitative estimate of drug-likeness (QED) is 0.361. The summed E-state index contributed by atoms with van der Waals surface area (Å²) in [5, 5.41) is 24.8. The van der Waals surface area contributed by atoms with Crippen LogP contribution in [0, 0.1) is 0 Å². The Hall–Kier alpha value is -3.67. The Morgan fingerprint density at radius 2 is 1.70 bits per heavy atom. The van der Waals surface area contributed by atoms with Crippen molar-refractivity contribution < 1.29 is 65.3 Å². The summed E-state index contributed by atoms with van der Waals surface area (Å²) in [4.78, 5) is 40.1. The Morgan fingerprint density at radius 3 is 2.23 bits per heavy atom. The van der Waals surface area contributed by atoms with Gasteiger partial charge in [0, 0.05) is 37.4 Å². The number of nitrogens with one attached hydrogen (secondary N) is 2. The number of ether oxygens (including phenoxy) is 2. The number of amides is 1. The lowest BCUT2D eigenvalue weighted by atomic mass is 9.86. The lowest BCUT2D eigenvalue weighted by molar-refractivity contribution is -0.193. The number of aromatic nitrogens is 1. The van der Waals surface area contributed by atoms with E-state index < -0.39 is 29.9 Å². The van der Waals surface area contributed by atoms with Gasteiger partial charge in [0.1, 0.15) is 5.71 Å².